The Hall–Kier alpha value is -0.930. The number of hydrogen-bond acceptors (Lipinski definition) is 2. The van der Waals surface area contributed by atoms with E-state index in [2.05, 4.69) is 5.32 Å². The fraction of sp³-hybridized carbons (Fsp3) is 0.455. The van der Waals surface area contributed by atoms with E-state index in [1.165, 1.54) is 0 Å². The molecule has 1 N–H and O–H groups in total. The van der Waals surface area contributed by atoms with Crippen LogP contribution in [0.2, 0.25) is 0 Å². The van der Waals surface area contributed by atoms with Crippen molar-refractivity contribution >= 4 is 0 Å². The van der Waals surface area contributed by atoms with Crippen LogP contribution >= 0.6 is 0 Å². The monoisotopic (exact) mass is 195 g/mol. The Bertz CT molecular complexity index is 323. The molecule has 0 bridgehead atoms. The predicted octanol–water partition coefficient (Wildman–Crippen LogP) is 1.62. The second-order valence-corrected chi connectivity index (χ2v) is 3.70. The van der Waals surface area contributed by atoms with E-state index in [4.69, 9.17) is 4.74 Å². The lowest BCUT2D eigenvalue weighted by Gasteiger charge is -2.27. The first-order chi connectivity index (χ1) is 6.75. The Morgan fingerprint density at radius 1 is 1.50 bits per heavy atom. The molecule has 0 amide bonds. The van der Waals surface area contributed by atoms with Crippen LogP contribution in [0.1, 0.15) is 11.1 Å². The third-order valence-electron chi connectivity index (χ3n) is 2.47. The summed E-state index contributed by atoms with van der Waals surface area (Å²) in [7, 11) is 0. The summed E-state index contributed by atoms with van der Waals surface area (Å²) in [6.45, 7) is 4.03. The molecule has 0 saturated carbocycles. The van der Waals surface area contributed by atoms with Gasteiger partial charge in [0.2, 0.25) is 0 Å². The highest BCUT2D eigenvalue weighted by molar-refractivity contribution is 5.23. The number of rotatable bonds is 3. The molecule has 1 aromatic carbocycles. The number of nitrogens with one attached hydrogen (secondary N) is 1. The zero-order valence-corrected chi connectivity index (χ0v) is 8.22. The molecule has 1 saturated heterocycles. The van der Waals surface area contributed by atoms with Gasteiger partial charge in [0.15, 0.2) is 0 Å². The Morgan fingerprint density at radius 3 is 2.86 bits per heavy atom. The van der Waals surface area contributed by atoms with Crippen molar-refractivity contribution < 1.29 is 9.13 Å². The fourth-order valence-electron chi connectivity index (χ4n) is 1.36. The van der Waals surface area contributed by atoms with E-state index in [0.29, 0.717) is 18.2 Å². The van der Waals surface area contributed by atoms with Gasteiger partial charge in [0.05, 0.1) is 19.3 Å². The van der Waals surface area contributed by atoms with Crippen LogP contribution in [0.4, 0.5) is 4.39 Å². The molecule has 1 heterocycles. The van der Waals surface area contributed by atoms with Crippen LogP contribution in [0.15, 0.2) is 18.2 Å². The molecule has 1 aromatic rings. The average molecular weight is 195 g/mol. The molecule has 0 spiro atoms. The van der Waals surface area contributed by atoms with Crippen molar-refractivity contribution in [2.24, 2.45) is 0 Å². The highest BCUT2D eigenvalue weighted by Crippen LogP contribution is 2.09. The van der Waals surface area contributed by atoms with Crippen molar-refractivity contribution in [3.05, 3.63) is 35.1 Å². The first-order valence-electron chi connectivity index (χ1n) is 4.82. The summed E-state index contributed by atoms with van der Waals surface area (Å²) in [4.78, 5) is 0. The molecule has 2 rings (SSSR count). The van der Waals surface area contributed by atoms with Crippen molar-refractivity contribution in [2.45, 2.75) is 19.5 Å². The lowest BCUT2D eigenvalue weighted by atomic mass is 10.1. The quantitative estimate of drug-likeness (QED) is 0.791. The molecule has 1 fully saturated rings. The minimum absolute atomic E-state index is 0.130. The van der Waals surface area contributed by atoms with Gasteiger partial charge >= 0.3 is 0 Å². The maximum Gasteiger partial charge on any atom is 0.126 e. The Labute approximate surface area is 83.1 Å². The van der Waals surface area contributed by atoms with Crippen LogP contribution in [0.3, 0.4) is 0 Å². The summed E-state index contributed by atoms with van der Waals surface area (Å²) in [6, 6.07) is 5.79. The van der Waals surface area contributed by atoms with Gasteiger partial charge in [-0.05, 0) is 24.1 Å². The maximum absolute atomic E-state index is 13.1. The molecule has 14 heavy (non-hydrogen) atoms. The fourth-order valence-corrected chi connectivity index (χ4v) is 1.36. The van der Waals surface area contributed by atoms with Crippen LogP contribution in [-0.2, 0) is 11.3 Å². The Kier molecular flexibility index (Phi) is 2.79. The molecule has 3 heteroatoms. The number of ether oxygens (including phenoxy) is 1. The van der Waals surface area contributed by atoms with Crippen molar-refractivity contribution in [3.8, 4) is 0 Å². The molecule has 2 nitrogen and oxygen atoms in total. The van der Waals surface area contributed by atoms with E-state index in [1.54, 1.807) is 13.0 Å². The van der Waals surface area contributed by atoms with Gasteiger partial charge in [-0.25, -0.2) is 4.39 Å². The van der Waals surface area contributed by atoms with E-state index in [0.717, 1.165) is 18.8 Å². The second kappa shape index (κ2) is 4.07. The molecule has 76 valence electrons. The van der Waals surface area contributed by atoms with E-state index in [-0.39, 0.29) is 5.82 Å². The lowest BCUT2D eigenvalue weighted by molar-refractivity contribution is -0.00579. The topological polar surface area (TPSA) is 21.3 Å². The van der Waals surface area contributed by atoms with Crippen LogP contribution < -0.4 is 5.32 Å². The standard InChI is InChI=1S/C11H14FNO/c1-8-2-3-9(4-11(8)12)5-13-10-6-14-7-10/h2-4,10,13H,5-7H2,1H3. The third-order valence-corrected chi connectivity index (χ3v) is 2.47. The van der Waals surface area contributed by atoms with Crippen molar-refractivity contribution in [1.29, 1.82) is 0 Å². The summed E-state index contributed by atoms with van der Waals surface area (Å²) in [5.41, 5.74) is 1.68. The summed E-state index contributed by atoms with van der Waals surface area (Å²) in [6.07, 6.45) is 0. The highest BCUT2D eigenvalue weighted by Gasteiger charge is 2.16. The molecule has 0 atom stereocenters. The second-order valence-electron chi connectivity index (χ2n) is 3.70. The van der Waals surface area contributed by atoms with Crippen molar-refractivity contribution in [2.75, 3.05) is 13.2 Å². The summed E-state index contributed by atoms with van der Waals surface area (Å²) >= 11 is 0. The van der Waals surface area contributed by atoms with Crippen molar-refractivity contribution in [3.63, 3.8) is 0 Å². The van der Waals surface area contributed by atoms with Crippen LogP contribution in [0.5, 0.6) is 0 Å². The molecule has 0 radical (unpaired) electrons. The largest absolute Gasteiger partial charge is 0.378 e. The zero-order chi connectivity index (χ0) is 9.97. The first-order valence-corrected chi connectivity index (χ1v) is 4.82. The van der Waals surface area contributed by atoms with Crippen LogP contribution in [-0.4, -0.2) is 19.3 Å². The SMILES string of the molecule is Cc1ccc(CNC2COC2)cc1F. The lowest BCUT2D eigenvalue weighted by Crippen LogP contribution is -2.45. The van der Waals surface area contributed by atoms with E-state index >= 15 is 0 Å². The number of aryl methyl sites for hydroxylation is 1. The van der Waals surface area contributed by atoms with Crippen molar-refractivity contribution in [1.82, 2.24) is 5.32 Å². The van der Waals surface area contributed by atoms with Gasteiger partial charge in [-0.3, -0.25) is 0 Å². The molecule has 0 unspecified atom stereocenters. The predicted molar refractivity (Wildman–Crippen MR) is 52.6 cm³/mol. The van der Waals surface area contributed by atoms with E-state index in [9.17, 15) is 4.39 Å². The van der Waals surface area contributed by atoms with Crippen LogP contribution in [0.25, 0.3) is 0 Å². The maximum atomic E-state index is 13.1. The van der Waals surface area contributed by atoms with Gasteiger partial charge in [0, 0.05) is 6.54 Å². The molecular formula is C11H14FNO. The van der Waals surface area contributed by atoms with Gasteiger partial charge in [-0.1, -0.05) is 12.1 Å². The van der Waals surface area contributed by atoms with E-state index in [1.807, 2.05) is 12.1 Å². The van der Waals surface area contributed by atoms with Gasteiger partial charge < -0.3 is 10.1 Å². The summed E-state index contributed by atoms with van der Waals surface area (Å²) in [5.74, 6) is -0.130. The Morgan fingerprint density at radius 2 is 2.29 bits per heavy atom. The molecular weight excluding hydrogens is 181 g/mol. The van der Waals surface area contributed by atoms with Crippen LogP contribution in [0, 0.1) is 12.7 Å². The smallest absolute Gasteiger partial charge is 0.126 e. The normalized spacial score (nSPS) is 16.7. The van der Waals surface area contributed by atoms with E-state index < -0.39 is 0 Å². The minimum Gasteiger partial charge on any atom is -0.378 e. The Balaban J connectivity index is 1.91. The third kappa shape index (κ3) is 2.11. The van der Waals surface area contributed by atoms with Gasteiger partial charge in [0.1, 0.15) is 5.82 Å². The summed E-state index contributed by atoms with van der Waals surface area (Å²) < 4.78 is 18.2. The van der Waals surface area contributed by atoms with Gasteiger partial charge in [-0.2, -0.15) is 0 Å². The minimum atomic E-state index is -0.130. The molecule has 1 aliphatic heterocycles. The van der Waals surface area contributed by atoms with Gasteiger partial charge in [0.25, 0.3) is 0 Å². The molecule has 0 aliphatic carbocycles. The molecule has 0 aromatic heterocycles. The van der Waals surface area contributed by atoms with Gasteiger partial charge in [-0.15, -0.1) is 0 Å². The number of hydrogen-bond donors (Lipinski definition) is 1. The first kappa shape index (κ1) is 9.62. The highest BCUT2D eigenvalue weighted by atomic mass is 19.1. The summed E-state index contributed by atoms with van der Waals surface area (Å²) in [5, 5.41) is 3.29. The number of benzene rings is 1. The number of halogens is 1. The zero-order valence-electron chi connectivity index (χ0n) is 8.22. The molecule has 1 aliphatic rings. The average Bonchev–Trinajstić information content (AvgIpc) is 2.08.